The summed E-state index contributed by atoms with van der Waals surface area (Å²) in [5.41, 5.74) is 7.08. The summed E-state index contributed by atoms with van der Waals surface area (Å²) < 4.78 is 5.56. The Kier molecular flexibility index (Phi) is 4.80. The molecule has 1 saturated heterocycles. The average Bonchev–Trinajstić information content (AvgIpc) is 2.93. The van der Waals surface area contributed by atoms with E-state index in [1.165, 1.54) is 0 Å². The molecule has 104 valence electrons. The summed E-state index contributed by atoms with van der Waals surface area (Å²) in [5, 5.41) is 0. The molecule has 4 heteroatoms. The van der Waals surface area contributed by atoms with Crippen LogP contribution in [0.2, 0.25) is 0 Å². The summed E-state index contributed by atoms with van der Waals surface area (Å²) in [6, 6.07) is 7.39. The number of hydrogen-bond acceptors (Lipinski definition) is 3. The first kappa shape index (κ1) is 13.9. The Morgan fingerprint density at radius 3 is 2.74 bits per heavy atom. The van der Waals surface area contributed by atoms with Crippen molar-refractivity contribution in [2.45, 2.75) is 32.2 Å². The van der Waals surface area contributed by atoms with Crippen LogP contribution in [0.1, 0.15) is 37.8 Å². The van der Waals surface area contributed by atoms with Crippen LogP contribution in [-0.2, 0) is 4.79 Å². The number of ether oxygens (including phenoxy) is 1. The van der Waals surface area contributed by atoms with Gasteiger partial charge in [0.25, 0.3) is 0 Å². The van der Waals surface area contributed by atoms with E-state index < -0.39 is 0 Å². The first-order chi connectivity index (χ1) is 9.22. The fraction of sp³-hybridized carbons (Fsp3) is 0.533. The van der Waals surface area contributed by atoms with Gasteiger partial charge in [0.15, 0.2) is 0 Å². The van der Waals surface area contributed by atoms with Crippen molar-refractivity contribution < 1.29 is 9.53 Å². The molecule has 0 saturated carbocycles. The van der Waals surface area contributed by atoms with Crippen molar-refractivity contribution in [1.29, 1.82) is 0 Å². The van der Waals surface area contributed by atoms with Crippen LogP contribution in [0.25, 0.3) is 0 Å². The van der Waals surface area contributed by atoms with Crippen molar-refractivity contribution in [1.82, 2.24) is 4.90 Å². The number of nitrogens with two attached hydrogens (primary N) is 1. The minimum absolute atomic E-state index is 0.149. The molecule has 1 unspecified atom stereocenters. The lowest BCUT2D eigenvalue weighted by atomic mass is 10.0. The number of rotatable bonds is 5. The van der Waals surface area contributed by atoms with Gasteiger partial charge in [0.1, 0.15) is 5.75 Å². The molecule has 1 heterocycles. The van der Waals surface area contributed by atoms with E-state index in [-0.39, 0.29) is 11.9 Å². The minimum Gasteiger partial charge on any atom is -0.494 e. The molecule has 1 fully saturated rings. The zero-order valence-corrected chi connectivity index (χ0v) is 11.5. The highest BCUT2D eigenvalue weighted by Gasteiger charge is 2.22. The van der Waals surface area contributed by atoms with Crippen LogP contribution in [0.15, 0.2) is 24.3 Å². The molecule has 1 aliphatic rings. The Bertz CT molecular complexity index is 428. The predicted octanol–water partition coefficient (Wildman–Crippen LogP) is 2.10. The van der Waals surface area contributed by atoms with Gasteiger partial charge in [0.05, 0.1) is 6.61 Å². The van der Waals surface area contributed by atoms with Crippen molar-refractivity contribution in [3.05, 3.63) is 29.8 Å². The van der Waals surface area contributed by atoms with Gasteiger partial charge in [-0.2, -0.15) is 0 Å². The number of nitrogens with zero attached hydrogens (tertiary/aromatic N) is 1. The largest absolute Gasteiger partial charge is 0.494 e. The van der Waals surface area contributed by atoms with Crippen molar-refractivity contribution in [3.63, 3.8) is 0 Å². The molecular formula is C15H22N2O2. The van der Waals surface area contributed by atoms with E-state index in [0.29, 0.717) is 13.0 Å². The Morgan fingerprint density at radius 1 is 1.37 bits per heavy atom. The lowest BCUT2D eigenvalue weighted by Crippen LogP contribution is -2.30. The van der Waals surface area contributed by atoms with Gasteiger partial charge in [-0.15, -0.1) is 0 Å². The summed E-state index contributed by atoms with van der Waals surface area (Å²) >= 11 is 0. The second-order valence-corrected chi connectivity index (χ2v) is 4.87. The zero-order chi connectivity index (χ0) is 13.7. The number of benzene rings is 1. The van der Waals surface area contributed by atoms with E-state index in [1.807, 2.05) is 36.1 Å². The third-order valence-corrected chi connectivity index (χ3v) is 3.47. The molecule has 0 spiro atoms. The van der Waals surface area contributed by atoms with Gasteiger partial charge in [-0.25, -0.2) is 0 Å². The number of amides is 1. The maximum atomic E-state index is 12.1. The summed E-state index contributed by atoms with van der Waals surface area (Å²) in [6.07, 6.45) is 2.57. The molecule has 1 aromatic carbocycles. The maximum Gasteiger partial charge on any atom is 0.224 e. The van der Waals surface area contributed by atoms with Crippen molar-refractivity contribution in [2.75, 3.05) is 19.7 Å². The molecule has 4 nitrogen and oxygen atoms in total. The summed E-state index contributed by atoms with van der Waals surface area (Å²) in [4.78, 5) is 14.0. The van der Waals surface area contributed by atoms with Crippen LogP contribution >= 0.6 is 0 Å². The van der Waals surface area contributed by atoms with E-state index in [9.17, 15) is 4.79 Å². The molecule has 2 rings (SSSR count). The standard InChI is InChI=1S/C15H22N2O2/c1-2-19-14-8-4-3-7-12(14)13(16)11-15(18)17-9-5-6-10-17/h3-4,7-8,13H,2,5-6,9-11,16H2,1H3. The number of carbonyl (C=O) groups is 1. The smallest absolute Gasteiger partial charge is 0.224 e. The van der Waals surface area contributed by atoms with Gasteiger partial charge < -0.3 is 15.4 Å². The van der Waals surface area contributed by atoms with Crippen molar-refractivity contribution in [3.8, 4) is 5.75 Å². The molecule has 0 aliphatic carbocycles. The maximum absolute atomic E-state index is 12.1. The Labute approximate surface area is 114 Å². The highest BCUT2D eigenvalue weighted by Crippen LogP contribution is 2.26. The quantitative estimate of drug-likeness (QED) is 0.884. The Hall–Kier alpha value is -1.55. The number of carbonyl (C=O) groups excluding carboxylic acids is 1. The highest BCUT2D eigenvalue weighted by molar-refractivity contribution is 5.77. The normalized spacial score (nSPS) is 16.4. The zero-order valence-electron chi connectivity index (χ0n) is 11.5. The second kappa shape index (κ2) is 6.57. The number of likely N-dealkylation sites (tertiary alicyclic amines) is 1. The third kappa shape index (κ3) is 3.47. The van der Waals surface area contributed by atoms with Crippen molar-refractivity contribution in [2.24, 2.45) is 5.73 Å². The van der Waals surface area contributed by atoms with Crippen LogP contribution in [-0.4, -0.2) is 30.5 Å². The lowest BCUT2D eigenvalue weighted by Gasteiger charge is -2.20. The molecule has 0 aromatic heterocycles. The van der Waals surface area contributed by atoms with Crippen molar-refractivity contribution >= 4 is 5.91 Å². The van der Waals surface area contributed by atoms with E-state index in [4.69, 9.17) is 10.5 Å². The Balaban J connectivity index is 2.02. The van der Waals surface area contributed by atoms with Gasteiger partial charge in [0, 0.05) is 31.1 Å². The third-order valence-electron chi connectivity index (χ3n) is 3.47. The predicted molar refractivity (Wildman–Crippen MR) is 75.0 cm³/mol. The van der Waals surface area contributed by atoms with E-state index in [1.54, 1.807) is 0 Å². The summed E-state index contributed by atoms with van der Waals surface area (Å²) in [5.74, 6) is 0.933. The number of hydrogen-bond donors (Lipinski definition) is 1. The minimum atomic E-state index is -0.296. The number of para-hydroxylation sites is 1. The summed E-state index contributed by atoms with van der Waals surface area (Å²) in [6.45, 7) is 4.29. The molecule has 2 N–H and O–H groups in total. The van der Waals surface area contributed by atoms with E-state index in [0.717, 1.165) is 37.2 Å². The van der Waals surface area contributed by atoms with E-state index >= 15 is 0 Å². The average molecular weight is 262 g/mol. The van der Waals surface area contributed by atoms with Crippen LogP contribution in [0, 0.1) is 0 Å². The second-order valence-electron chi connectivity index (χ2n) is 4.87. The molecule has 19 heavy (non-hydrogen) atoms. The fourth-order valence-corrected chi connectivity index (χ4v) is 2.47. The molecule has 0 bridgehead atoms. The van der Waals surface area contributed by atoms with Crippen LogP contribution in [0.5, 0.6) is 5.75 Å². The topological polar surface area (TPSA) is 55.6 Å². The van der Waals surface area contributed by atoms with Gasteiger partial charge >= 0.3 is 0 Å². The van der Waals surface area contributed by atoms with E-state index in [2.05, 4.69) is 0 Å². The lowest BCUT2D eigenvalue weighted by molar-refractivity contribution is -0.130. The van der Waals surface area contributed by atoms with Gasteiger partial charge in [-0.3, -0.25) is 4.79 Å². The Morgan fingerprint density at radius 2 is 2.05 bits per heavy atom. The molecular weight excluding hydrogens is 240 g/mol. The monoisotopic (exact) mass is 262 g/mol. The van der Waals surface area contributed by atoms with Crippen LogP contribution in [0.4, 0.5) is 0 Å². The molecule has 1 atom stereocenters. The van der Waals surface area contributed by atoms with Gasteiger partial charge in [-0.05, 0) is 25.8 Å². The van der Waals surface area contributed by atoms with Crippen LogP contribution < -0.4 is 10.5 Å². The summed E-state index contributed by atoms with van der Waals surface area (Å²) in [7, 11) is 0. The molecule has 0 radical (unpaired) electrons. The molecule has 1 amide bonds. The highest BCUT2D eigenvalue weighted by atomic mass is 16.5. The molecule has 1 aliphatic heterocycles. The van der Waals surface area contributed by atoms with Gasteiger partial charge in [0.2, 0.25) is 5.91 Å². The fourth-order valence-electron chi connectivity index (χ4n) is 2.47. The molecule has 1 aromatic rings. The SMILES string of the molecule is CCOc1ccccc1C(N)CC(=O)N1CCCC1. The first-order valence-electron chi connectivity index (χ1n) is 6.97. The van der Waals surface area contributed by atoms with Crippen LogP contribution in [0.3, 0.4) is 0 Å². The van der Waals surface area contributed by atoms with Gasteiger partial charge in [-0.1, -0.05) is 18.2 Å². The first-order valence-corrected chi connectivity index (χ1v) is 6.97.